The lowest BCUT2D eigenvalue weighted by Crippen LogP contribution is -2.30. The molecule has 190 valence electrons. The SMILES string of the molecule is CNC(=O)/C(=N\OC)c1c(C)cccc1/C=N/OC(C)/C(=N\OC)c1cccc2c1-c1ccccc1C2. The number of hydrogen-bond donors (Lipinski definition) is 1. The minimum Gasteiger partial charge on any atom is -0.399 e. The Morgan fingerprint density at radius 2 is 1.70 bits per heavy atom. The van der Waals surface area contributed by atoms with Gasteiger partial charge in [-0.15, -0.1) is 0 Å². The fraction of sp³-hybridized carbons (Fsp3) is 0.241. The van der Waals surface area contributed by atoms with Gasteiger partial charge in [-0.05, 0) is 48.1 Å². The van der Waals surface area contributed by atoms with E-state index in [1.165, 1.54) is 30.9 Å². The summed E-state index contributed by atoms with van der Waals surface area (Å²) in [5.74, 6) is -0.368. The predicted octanol–water partition coefficient (Wildman–Crippen LogP) is 4.45. The molecule has 0 fully saturated rings. The van der Waals surface area contributed by atoms with Crippen LogP contribution in [0.1, 0.15) is 40.3 Å². The van der Waals surface area contributed by atoms with Crippen molar-refractivity contribution in [3.8, 4) is 11.1 Å². The first-order valence-corrected chi connectivity index (χ1v) is 11.9. The zero-order chi connectivity index (χ0) is 26.4. The van der Waals surface area contributed by atoms with Crippen LogP contribution < -0.4 is 5.32 Å². The van der Waals surface area contributed by atoms with Crippen LogP contribution in [-0.2, 0) is 25.7 Å². The Bertz CT molecular complexity index is 1390. The summed E-state index contributed by atoms with van der Waals surface area (Å²) in [5, 5.41) is 15.1. The van der Waals surface area contributed by atoms with Gasteiger partial charge in [-0.2, -0.15) is 0 Å². The summed E-state index contributed by atoms with van der Waals surface area (Å²) in [6, 6.07) is 20.2. The van der Waals surface area contributed by atoms with E-state index in [-0.39, 0.29) is 11.6 Å². The molecule has 0 saturated heterocycles. The second-order valence-corrected chi connectivity index (χ2v) is 8.56. The highest BCUT2D eigenvalue weighted by atomic mass is 16.6. The Balaban J connectivity index is 1.64. The number of rotatable bonds is 9. The van der Waals surface area contributed by atoms with Crippen LogP contribution in [0.4, 0.5) is 0 Å². The van der Waals surface area contributed by atoms with Crippen molar-refractivity contribution >= 4 is 23.5 Å². The summed E-state index contributed by atoms with van der Waals surface area (Å²) in [7, 11) is 4.45. The van der Waals surface area contributed by atoms with E-state index in [1.54, 1.807) is 13.3 Å². The molecule has 1 aliphatic carbocycles. The third-order valence-corrected chi connectivity index (χ3v) is 6.25. The van der Waals surface area contributed by atoms with Gasteiger partial charge in [0.2, 0.25) is 0 Å². The Labute approximate surface area is 216 Å². The lowest BCUT2D eigenvalue weighted by Gasteiger charge is -2.16. The van der Waals surface area contributed by atoms with E-state index in [0.29, 0.717) is 16.8 Å². The quantitative estimate of drug-likeness (QED) is 0.272. The van der Waals surface area contributed by atoms with E-state index >= 15 is 0 Å². The molecule has 0 spiro atoms. The number of benzene rings is 3. The van der Waals surface area contributed by atoms with Crippen LogP contribution in [0.15, 0.2) is 76.1 Å². The van der Waals surface area contributed by atoms with Crippen molar-refractivity contribution in [1.82, 2.24) is 5.32 Å². The van der Waals surface area contributed by atoms with Crippen LogP contribution in [0.2, 0.25) is 0 Å². The minimum absolute atomic E-state index is 0.151. The smallest absolute Gasteiger partial charge is 0.273 e. The van der Waals surface area contributed by atoms with Crippen molar-refractivity contribution in [2.75, 3.05) is 21.3 Å². The number of hydrogen-bond acceptors (Lipinski definition) is 7. The maximum atomic E-state index is 12.5. The molecule has 1 amide bonds. The highest BCUT2D eigenvalue weighted by Crippen LogP contribution is 2.39. The first-order chi connectivity index (χ1) is 18.0. The summed E-state index contributed by atoms with van der Waals surface area (Å²) < 4.78 is 0. The highest BCUT2D eigenvalue weighted by Gasteiger charge is 2.26. The van der Waals surface area contributed by atoms with E-state index in [4.69, 9.17) is 14.5 Å². The predicted molar refractivity (Wildman–Crippen MR) is 145 cm³/mol. The van der Waals surface area contributed by atoms with Crippen molar-refractivity contribution in [3.63, 3.8) is 0 Å². The first-order valence-electron chi connectivity index (χ1n) is 11.9. The maximum Gasteiger partial charge on any atom is 0.273 e. The van der Waals surface area contributed by atoms with Crippen molar-refractivity contribution in [3.05, 3.63) is 94.0 Å². The minimum atomic E-state index is -0.519. The largest absolute Gasteiger partial charge is 0.399 e. The van der Waals surface area contributed by atoms with Gasteiger partial charge in [-0.25, -0.2) is 0 Å². The van der Waals surface area contributed by atoms with E-state index in [2.05, 4.69) is 45.0 Å². The molecule has 4 rings (SSSR count). The number of likely N-dealkylation sites (N-methyl/N-ethyl adjacent to an activating group) is 1. The van der Waals surface area contributed by atoms with Gasteiger partial charge in [0.1, 0.15) is 19.9 Å². The molecule has 0 aromatic heterocycles. The summed E-state index contributed by atoms with van der Waals surface area (Å²) in [6.07, 6.45) is 1.91. The third-order valence-electron chi connectivity index (χ3n) is 6.25. The van der Waals surface area contributed by atoms with Crippen LogP contribution in [0.3, 0.4) is 0 Å². The van der Waals surface area contributed by atoms with Gasteiger partial charge in [0.15, 0.2) is 11.8 Å². The molecule has 8 nitrogen and oxygen atoms in total. The van der Waals surface area contributed by atoms with Gasteiger partial charge < -0.3 is 19.8 Å². The molecule has 0 bridgehead atoms. The van der Waals surface area contributed by atoms with Gasteiger partial charge in [-0.3, -0.25) is 4.79 Å². The Hall–Kier alpha value is -4.46. The third kappa shape index (κ3) is 5.23. The Kier molecular flexibility index (Phi) is 7.98. The average Bonchev–Trinajstić information content (AvgIpc) is 3.29. The number of carbonyl (C=O) groups is 1. The lowest BCUT2D eigenvalue weighted by molar-refractivity contribution is -0.114. The molecule has 0 aliphatic heterocycles. The zero-order valence-electron chi connectivity index (χ0n) is 21.6. The molecule has 1 unspecified atom stereocenters. The monoisotopic (exact) mass is 498 g/mol. The van der Waals surface area contributed by atoms with Crippen LogP contribution in [0.5, 0.6) is 0 Å². The molecule has 1 N–H and O–H groups in total. The van der Waals surface area contributed by atoms with Gasteiger partial charge in [0, 0.05) is 23.7 Å². The molecule has 0 radical (unpaired) electrons. The molecule has 0 heterocycles. The van der Waals surface area contributed by atoms with Crippen molar-refractivity contribution in [2.45, 2.75) is 26.4 Å². The van der Waals surface area contributed by atoms with E-state index in [1.807, 2.05) is 50.2 Å². The summed E-state index contributed by atoms with van der Waals surface area (Å²) in [5.41, 5.74) is 8.68. The number of nitrogens with zero attached hydrogens (tertiary/aromatic N) is 3. The van der Waals surface area contributed by atoms with Gasteiger partial charge >= 0.3 is 0 Å². The molecule has 3 aromatic carbocycles. The molecule has 1 atom stereocenters. The first kappa shape index (κ1) is 25.6. The summed E-state index contributed by atoms with van der Waals surface area (Å²) >= 11 is 0. The second kappa shape index (κ2) is 11.5. The van der Waals surface area contributed by atoms with E-state index in [0.717, 1.165) is 23.1 Å². The van der Waals surface area contributed by atoms with Gasteiger partial charge in [-0.1, -0.05) is 76.1 Å². The number of nitrogens with one attached hydrogen (secondary N) is 1. The number of oxime groups is 3. The van der Waals surface area contributed by atoms with Gasteiger partial charge in [0.25, 0.3) is 5.91 Å². The molecule has 1 aliphatic rings. The fourth-order valence-corrected chi connectivity index (χ4v) is 4.60. The fourth-order valence-electron chi connectivity index (χ4n) is 4.60. The molecular formula is C29H30N4O4. The average molecular weight is 499 g/mol. The number of aryl methyl sites for hydroxylation is 1. The molecule has 8 heteroatoms. The van der Waals surface area contributed by atoms with Gasteiger partial charge in [0.05, 0.1) is 6.21 Å². The van der Waals surface area contributed by atoms with Crippen LogP contribution in [0.25, 0.3) is 11.1 Å². The van der Waals surface area contributed by atoms with E-state index in [9.17, 15) is 4.79 Å². The maximum absolute atomic E-state index is 12.5. The van der Waals surface area contributed by atoms with Crippen molar-refractivity contribution < 1.29 is 19.3 Å². The number of carbonyl (C=O) groups excluding carboxylic acids is 1. The normalized spacial score (nSPS) is 13.6. The zero-order valence-corrected chi connectivity index (χ0v) is 21.6. The van der Waals surface area contributed by atoms with Crippen molar-refractivity contribution in [2.24, 2.45) is 15.5 Å². The van der Waals surface area contributed by atoms with Crippen LogP contribution in [-0.4, -0.2) is 50.9 Å². The standard InChI is InChI=1S/C29H30N4O4/c1-18-10-8-13-22(25(18)28(33-36-5)29(34)30-3)17-31-37-19(2)27(32-35-4)24-15-9-12-21-16-20-11-6-7-14-23(20)26(21)24/h6-15,17,19H,16H2,1-5H3,(H,30,34)/b31-17+,32-27+,33-28-. The molecular weight excluding hydrogens is 468 g/mol. The second-order valence-electron chi connectivity index (χ2n) is 8.56. The number of amides is 1. The topological polar surface area (TPSA) is 93.9 Å². The highest BCUT2D eigenvalue weighted by molar-refractivity contribution is 6.46. The lowest BCUT2D eigenvalue weighted by atomic mass is 9.94. The Morgan fingerprint density at radius 1 is 0.973 bits per heavy atom. The number of fused-ring (bicyclic) bond motifs is 3. The summed E-state index contributed by atoms with van der Waals surface area (Å²) in [4.78, 5) is 28.5. The van der Waals surface area contributed by atoms with Crippen molar-refractivity contribution in [1.29, 1.82) is 0 Å². The summed E-state index contributed by atoms with van der Waals surface area (Å²) in [6.45, 7) is 3.76. The molecule has 0 saturated carbocycles. The van der Waals surface area contributed by atoms with E-state index < -0.39 is 6.10 Å². The molecule has 37 heavy (non-hydrogen) atoms. The Morgan fingerprint density at radius 3 is 2.46 bits per heavy atom. The molecule has 3 aromatic rings. The van der Waals surface area contributed by atoms with Crippen LogP contribution in [0, 0.1) is 6.92 Å². The van der Waals surface area contributed by atoms with Crippen LogP contribution >= 0.6 is 0 Å².